The molecular weight excluding hydrogens is 235 g/mol. The molecule has 1 unspecified atom stereocenters. The number of hydrogen-bond donors (Lipinski definition) is 2. The molecule has 1 aromatic carbocycles. The molecule has 0 radical (unpaired) electrons. The van der Waals surface area contributed by atoms with Crippen LogP contribution in [-0.2, 0) is 16.1 Å². The smallest absolute Gasteiger partial charge is 0.250 e. The second-order valence-corrected chi connectivity index (χ2v) is 4.36. The van der Waals surface area contributed by atoms with Gasteiger partial charge in [-0.25, -0.2) is 4.39 Å². The van der Waals surface area contributed by atoms with Crippen molar-refractivity contribution in [3.63, 3.8) is 0 Å². The van der Waals surface area contributed by atoms with Crippen LogP contribution in [0.15, 0.2) is 18.2 Å². The molecule has 0 spiro atoms. The standard InChI is InChI=1S/C13H17FN2O2/c1-9-6-10(2-3-11(9)14)7-16-13(17)12-8-15-4-5-18-12/h2-3,6,12,15H,4-5,7-8H2,1H3,(H,16,17). The van der Waals surface area contributed by atoms with Crippen LogP contribution in [0.3, 0.4) is 0 Å². The number of hydrogen-bond acceptors (Lipinski definition) is 3. The molecule has 0 saturated carbocycles. The van der Waals surface area contributed by atoms with E-state index in [1.54, 1.807) is 19.1 Å². The van der Waals surface area contributed by atoms with Gasteiger partial charge >= 0.3 is 0 Å². The zero-order chi connectivity index (χ0) is 13.0. The predicted octanol–water partition coefficient (Wildman–Crippen LogP) is 0.739. The summed E-state index contributed by atoms with van der Waals surface area (Å²) in [5.74, 6) is -0.367. The van der Waals surface area contributed by atoms with E-state index in [0.29, 0.717) is 25.3 Å². The molecule has 4 nitrogen and oxygen atoms in total. The van der Waals surface area contributed by atoms with Gasteiger partial charge in [0.15, 0.2) is 0 Å². The fraction of sp³-hybridized carbons (Fsp3) is 0.462. The molecule has 5 heteroatoms. The summed E-state index contributed by atoms with van der Waals surface area (Å²) in [5, 5.41) is 5.88. The van der Waals surface area contributed by atoms with E-state index in [9.17, 15) is 9.18 Å². The Kier molecular flexibility index (Phi) is 4.28. The summed E-state index contributed by atoms with van der Waals surface area (Å²) >= 11 is 0. The van der Waals surface area contributed by atoms with E-state index in [-0.39, 0.29) is 11.7 Å². The molecule has 2 rings (SSSR count). The minimum Gasteiger partial charge on any atom is -0.366 e. The van der Waals surface area contributed by atoms with Gasteiger partial charge in [-0.15, -0.1) is 0 Å². The van der Waals surface area contributed by atoms with Gasteiger partial charge in [-0.3, -0.25) is 4.79 Å². The maximum atomic E-state index is 13.1. The highest BCUT2D eigenvalue weighted by molar-refractivity contribution is 5.81. The number of amides is 1. The van der Waals surface area contributed by atoms with Crippen LogP contribution in [0, 0.1) is 12.7 Å². The Hall–Kier alpha value is -1.46. The summed E-state index contributed by atoms with van der Waals surface area (Å²) in [7, 11) is 0. The van der Waals surface area contributed by atoms with Crippen LogP contribution < -0.4 is 10.6 Å². The van der Waals surface area contributed by atoms with Gasteiger partial charge in [0.1, 0.15) is 11.9 Å². The van der Waals surface area contributed by atoms with Crippen LogP contribution in [0.25, 0.3) is 0 Å². The molecule has 1 aromatic rings. The lowest BCUT2D eigenvalue weighted by molar-refractivity contribution is -0.134. The lowest BCUT2D eigenvalue weighted by Gasteiger charge is -2.22. The average Bonchev–Trinajstić information content (AvgIpc) is 2.41. The summed E-state index contributed by atoms with van der Waals surface area (Å²) in [6.45, 7) is 3.96. The van der Waals surface area contributed by atoms with Crippen molar-refractivity contribution in [2.45, 2.75) is 19.6 Å². The Morgan fingerprint density at radius 1 is 1.61 bits per heavy atom. The molecule has 2 N–H and O–H groups in total. The minimum absolute atomic E-state index is 0.135. The van der Waals surface area contributed by atoms with Gasteiger partial charge in [-0.2, -0.15) is 0 Å². The molecule has 1 heterocycles. The Morgan fingerprint density at radius 3 is 3.11 bits per heavy atom. The van der Waals surface area contributed by atoms with Crippen LogP contribution in [0.4, 0.5) is 4.39 Å². The maximum absolute atomic E-state index is 13.1. The number of ether oxygens (including phenoxy) is 1. The van der Waals surface area contributed by atoms with Gasteiger partial charge in [0.2, 0.25) is 0 Å². The number of halogens is 1. The van der Waals surface area contributed by atoms with Crippen LogP contribution in [-0.4, -0.2) is 31.7 Å². The van der Waals surface area contributed by atoms with E-state index in [1.807, 2.05) is 0 Å². The number of aryl methyl sites for hydroxylation is 1. The third kappa shape index (κ3) is 3.27. The zero-order valence-corrected chi connectivity index (χ0v) is 10.3. The number of carbonyl (C=O) groups excluding carboxylic acids is 1. The normalized spacial score (nSPS) is 19.6. The molecule has 1 aliphatic heterocycles. The SMILES string of the molecule is Cc1cc(CNC(=O)C2CNCCO2)ccc1F. The zero-order valence-electron chi connectivity index (χ0n) is 10.3. The number of rotatable bonds is 3. The lowest BCUT2D eigenvalue weighted by atomic mass is 10.1. The molecule has 0 aliphatic carbocycles. The third-order valence-electron chi connectivity index (χ3n) is 2.91. The fourth-order valence-corrected chi connectivity index (χ4v) is 1.85. The molecule has 1 aliphatic rings. The quantitative estimate of drug-likeness (QED) is 0.834. The molecule has 0 bridgehead atoms. The van der Waals surface area contributed by atoms with Crippen molar-refractivity contribution in [2.24, 2.45) is 0 Å². The molecule has 1 amide bonds. The first-order chi connectivity index (χ1) is 8.66. The van der Waals surface area contributed by atoms with E-state index >= 15 is 0 Å². The largest absolute Gasteiger partial charge is 0.366 e. The van der Waals surface area contributed by atoms with Crippen LogP contribution in [0.5, 0.6) is 0 Å². The monoisotopic (exact) mass is 252 g/mol. The fourth-order valence-electron chi connectivity index (χ4n) is 1.85. The average molecular weight is 252 g/mol. The van der Waals surface area contributed by atoms with Gasteiger partial charge in [0.05, 0.1) is 6.61 Å². The first kappa shape index (κ1) is 13.0. The highest BCUT2D eigenvalue weighted by Gasteiger charge is 2.21. The number of benzene rings is 1. The van der Waals surface area contributed by atoms with Crippen LogP contribution in [0.1, 0.15) is 11.1 Å². The van der Waals surface area contributed by atoms with Gasteiger partial charge in [0, 0.05) is 19.6 Å². The molecule has 18 heavy (non-hydrogen) atoms. The van der Waals surface area contributed by atoms with E-state index in [0.717, 1.165) is 12.1 Å². The van der Waals surface area contributed by atoms with Crippen LogP contribution >= 0.6 is 0 Å². The minimum atomic E-state index is -0.430. The van der Waals surface area contributed by atoms with Gasteiger partial charge in [0.25, 0.3) is 5.91 Å². The molecule has 1 saturated heterocycles. The summed E-state index contributed by atoms with van der Waals surface area (Å²) in [5.41, 5.74) is 1.46. The molecule has 0 aromatic heterocycles. The first-order valence-corrected chi connectivity index (χ1v) is 6.02. The van der Waals surface area contributed by atoms with Crippen molar-refractivity contribution >= 4 is 5.91 Å². The van der Waals surface area contributed by atoms with Crippen molar-refractivity contribution in [3.05, 3.63) is 35.1 Å². The number of morpholine rings is 1. The maximum Gasteiger partial charge on any atom is 0.250 e. The molecule has 1 fully saturated rings. The highest BCUT2D eigenvalue weighted by atomic mass is 19.1. The Bertz CT molecular complexity index is 431. The van der Waals surface area contributed by atoms with Gasteiger partial charge in [-0.05, 0) is 24.1 Å². The topological polar surface area (TPSA) is 50.4 Å². The van der Waals surface area contributed by atoms with Gasteiger partial charge < -0.3 is 15.4 Å². The Balaban J connectivity index is 1.86. The first-order valence-electron chi connectivity index (χ1n) is 6.02. The third-order valence-corrected chi connectivity index (χ3v) is 2.91. The molecule has 1 atom stereocenters. The van der Waals surface area contributed by atoms with E-state index in [1.165, 1.54) is 6.07 Å². The summed E-state index contributed by atoms with van der Waals surface area (Å²) < 4.78 is 18.4. The van der Waals surface area contributed by atoms with Crippen LogP contribution in [0.2, 0.25) is 0 Å². The summed E-state index contributed by atoms with van der Waals surface area (Å²) in [6, 6.07) is 4.81. The van der Waals surface area contributed by atoms with Crippen molar-refractivity contribution < 1.29 is 13.9 Å². The lowest BCUT2D eigenvalue weighted by Crippen LogP contribution is -2.47. The second kappa shape index (κ2) is 5.93. The molecule has 98 valence electrons. The van der Waals surface area contributed by atoms with E-state index in [2.05, 4.69) is 10.6 Å². The second-order valence-electron chi connectivity index (χ2n) is 4.36. The van der Waals surface area contributed by atoms with Crippen molar-refractivity contribution in [3.8, 4) is 0 Å². The number of nitrogens with one attached hydrogen (secondary N) is 2. The Labute approximate surface area is 106 Å². The van der Waals surface area contributed by atoms with Crippen molar-refractivity contribution in [2.75, 3.05) is 19.7 Å². The van der Waals surface area contributed by atoms with Gasteiger partial charge in [-0.1, -0.05) is 12.1 Å². The molecular formula is C13H17FN2O2. The van der Waals surface area contributed by atoms with Crippen molar-refractivity contribution in [1.82, 2.24) is 10.6 Å². The Morgan fingerprint density at radius 2 is 2.44 bits per heavy atom. The number of carbonyl (C=O) groups is 1. The summed E-state index contributed by atoms with van der Waals surface area (Å²) in [6.07, 6.45) is -0.430. The van der Waals surface area contributed by atoms with Crippen molar-refractivity contribution in [1.29, 1.82) is 0 Å². The summed E-state index contributed by atoms with van der Waals surface area (Å²) in [4.78, 5) is 11.8. The van der Waals surface area contributed by atoms with E-state index < -0.39 is 6.10 Å². The predicted molar refractivity (Wildman–Crippen MR) is 65.6 cm³/mol. The van der Waals surface area contributed by atoms with E-state index in [4.69, 9.17) is 4.74 Å². The highest BCUT2D eigenvalue weighted by Crippen LogP contribution is 2.09.